The number of guanidine groups is 1. The van der Waals surface area contributed by atoms with E-state index in [1.807, 2.05) is 19.1 Å². The van der Waals surface area contributed by atoms with Gasteiger partial charge < -0.3 is 15.2 Å². The van der Waals surface area contributed by atoms with Gasteiger partial charge in [-0.25, -0.2) is 4.99 Å². The van der Waals surface area contributed by atoms with E-state index in [4.69, 9.17) is 5.73 Å². The van der Waals surface area contributed by atoms with Gasteiger partial charge in [0.15, 0.2) is 5.96 Å². The molecule has 0 aromatic carbocycles. The molecule has 2 rings (SSSR count). The third-order valence-electron chi connectivity index (χ3n) is 4.03. The number of piperidine rings is 1. The topological polar surface area (TPSA) is 63.6 Å². The number of pyridine rings is 1. The van der Waals surface area contributed by atoms with Crippen LogP contribution < -0.4 is 11.3 Å². The lowest BCUT2D eigenvalue weighted by molar-refractivity contribution is 0.270. The average molecular weight is 276 g/mol. The first-order valence-electron chi connectivity index (χ1n) is 7.19. The number of hydrogen-bond acceptors (Lipinski definition) is 2. The first-order valence-corrected chi connectivity index (χ1v) is 7.19. The van der Waals surface area contributed by atoms with Crippen molar-refractivity contribution in [2.24, 2.45) is 23.7 Å². The van der Waals surface area contributed by atoms with Crippen LogP contribution in [0.1, 0.15) is 31.0 Å². The van der Waals surface area contributed by atoms with Crippen molar-refractivity contribution in [3.8, 4) is 0 Å². The van der Waals surface area contributed by atoms with Crippen LogP contribution in [-0.2, 0) is 13.6 Å². The second-order valence-corrected chi connectivity index (χ2v) is 5.73. The molecule has 1 fully saturated rings. The van der Waals surface area contributed by atoms with Crippen LogP contribution in [0, 0.1) is 12.8 Å². The lowest BCUT2D eigenvalue weighted by atomic mass is 10.0. The van der Waals surface area contributed by atoms with E-state index in [9.17, 15) is 4.79 Å². The minimum Gasteiger partial charge on any atom is -0.370 e. The van der Waals surface area contributed by atoms with Gasteiger partial charge in [-0.1, -0.05) is 6.92 Å². The van der Waals surface area contributed by atoms with E-state index in [1.165, 1.54) is 6.42 Å². The molecular weight excluding hydrogens is 252 g/mol. The summed E-state index contributed by atoms with van der Waals surface area (Å²) in [6.45, 7) is 6.42. The zero-order chi connectivity index (χ0) is 14.7. The van der Waals surface area contributed by atoms with E-state index in [2.05, 4.69) is 16.8 Å². The molecule has 1 unspecified atom stereocenters. The van der Waals surface area contributed by atoms with E-state index in [0.29, 0.717) is 24.0 Å². The molecule has 20 heavy (non-hydrogen) atoms. The highest BCUT2D eigenvalue weighted by molar-refractivity contribution is 5.78. The predicted molar refractivity (Wildman–Crippen MR) is 81.7 cm³/mol. The maximum Gasteiger partial charge on any atom is 0.255 e. The fourth-order valence-electron chi connectivity index (χ4n) is 2.56. The van der Waals surface area contributed by atoms with Crippen LogP contribution in [0.25, 0.3) is 0 Å². The van der Waals surface area contributed by atoms with Crippen LogP contribution in [-0.4, -0.2) is 28.5 Å². The number of nitrogens with zero attached hydrogens (tertiary/aromatic N) is 3. The normalized spacial score (nSPS) is 20.2. The molecule has 0 radical (unpaired) electrons. The lowest BCUT2D eigenvalue weighted by Gasteiger charge is -2.31. The fourth-order valence-corrected chi connectivity index (χ4v) is 2.56. The number of aliphatic imine (C=N–C) groups is 1. The highest BCUT2D eigenvalue weighted by atomic mass is 16.1. The standard InChI is InChI=1S/C15H24N4O/c1-11-5-4-8-19(10-11)15(16)17-9-13-7-6-12(2)18(3)14(13)20/h6-7,11H,4-5,8-10H2,1-3H3,(H2,16,17). The summed E-state index contributed by atoms with van der Waals surface area (Å²) in [6, 6.07) is 3.78. The van der Waals surface area contributed by atoms with E-state index in [-0.39, 0.29) is 5.56 Å². The summed E-state index contributed by atoms with van der Waals surface area (Å²) in [5, 5.41) is 0. The zero-order valence-electron chi connectivity index (χ0n) is 12.6. The van der Waals surface area contributed by atoms with Gasteiger partial charge in [-0.2, -0.15) is 0 Å². The van der Waals surface area contributed by atoms with Crippen molar-refractivity contribution in [3.05, 3.63) is 33.7 Å². The van der Waals surface area contributed by atoms with Crippen molar-refractivity contribution >= 4 is 5.96 Å². The van der Waals surface area contributed by atoms with Crippen molar-refractivity contribution in [1.82, 2.24) is 9.47 Å². The first-order chi connectivity index (χ1) is 9.49. The van der Waals surface area contributed by atoms with Crippen molar-refractivity contribution < 1.29 is 0 Å². The highest BCUT2D eigenvalue weighted by Gasteiger charge is 2.17. The second-order valence-electron chi connectivity index (χ2n) is 5.73. The number of aryl methyl sites for hydroxylation is 1. The molecule has 0 bridgehead atoms. The Kier molecular flexibility index (Phi) is 4.47. The van der Waals surface area contributed by atoms with Crippen molar-refractivity contribution in [1.29, 1.82) is 0 Å². The molecule has 1 aromatic heterocycles. The molecule has 1 atom stereocenters. The minimum atomic E-state index is 0.00793. The van der Waals surface area contributed by atoms with Crippen LogP contribution in [0.4, 0.5) is 0 Å². The molecule has 0 amide bonds. The molecule has 110 valence electrons. The SMILES string of the molecule is Cc1ccc(CN=C(N)N2CCCC(C)C2)c(=O)n1C. The van der Waals surface area contributed by atoms with Gasteiger partial charge in [0, 0.05) is 31.4 Å². The number of likely N-dealkylation sites (tertiary alicyclic amines) is 1. The number of nitrogens with two attached hydrogens (primary N) is 1. The summed E-state index contributed by atoms with van der Waals surface area (Å²) < 4.78 is 1.64. The molecule has 1 saturated heterocycles. The largest absolute Gasteiger partial charge is 0.370 e. The predicted octanol–water partition coefficient (Wildman–Crippen LogP) is 1.24. The number of aromatic nitrogens is 1. The summed E-state index contributed by atoms with van der Waals surface area (Å²) in [7, 11) is 1.78. The summed E-state index contributed by atoms with van der Waals surface area (Å²) in [5.74, 6) is 1.21. The maximum absolute atomic E-state index is 12.1. The van der Waals surface area contributed by atoms with Crippen LogP contribution in [0.3, 0.4) is 0 Å². The van der Waals surface area contributed by atoms with Gasteiger partial charge in [0.1, 0.15) is 0 Å². The summed E-state index contributed by atoms with van der Waals surface area (Å²) >= 11 is 0. The smallest absolute Gasteiger partial charge is 0.255 e. The molecule has 2 N–H and O–H groups in total. The Hall–Kier alpha value is -1.78. The van der Waals surface area contributed by atoms with E-state index < -0.39 is 0 Å². The van der Waals surface area contributed by atoms with Crippen LogP contribution in [0.2, 0.25) is 0 Å². The maximum atomic E-state index is 12.1. The Balaban J connectivity index is 2.09. The van der Waals surface area contributed by atoms with Crippen molar-refractivity contribution in [3.63, 3.8) is 0 Å². The zero-order valence-corrected chi connectivity index (χ0v) is 12.6. The van der Waals surface area contributed by atoms with Crippen molar-refractivity contribution in [2.75, 3.05) is 13.1 Å². The van der Waals surface area contributed by atoms with Crippen LogP contribution >= 0.6 is 0 Å². The van der Waals surface area contributed by atoms with E-state index >= 15 is 0 Å². The number of hydrogen-bond donors (Lipinski definition) is 1. The lowest BCUT2D eigenvalue weighted by Crippen LogP contribution is -2.43. The van der Waals surface area contributed by atoms with Gasteiger partial charge >= 0.3 is 0 Å². The minimum absolute atomic E-state index is 0.00793. The third kappa shape index (κ3) is 3.21. The molecule has 0 spiro atoms. The molecule has 0 saturated carbocycles. The average Bonchev–Trinajstić information content (AvgIpc) is 2.44. The van der Waals surface area contributed by atoms with Gasteiger partial charge in [-0.3, -0.25) is 4.79 Å². The molecule has 1 aromatic rings. The molecular formula is C15H24N4O. The van der Waals surface area contributed by atoms with Gasteiger partial charge in [0.25, 0.3) is 5.56 Å². The molecule has 1 aliphatic heterocycles. The van der Waals surface area contributed by atoms with Gasteiger partial charge in [0.05, 0.1) is 6.54 Å². The Morgan fingerprint density at radius 1 is 1.50 bits per heavy atom. The van der Waals surface area contributed by atoms with Crippen LogP contribution in [0.15, 0.2) is 21.9 Å². The Bertz CT molecular complexity index is 561. The summed E-state index contributed by atoms with van der Waals surface area (Å²) in [5.41, 5.74) is 7.68. The Labute approximate surface area is 120 Å². The summed E-state index contributed by atoms with van der Waals surface area (Å²) in [4.78, 5) is 18.6. The van der Waals surface area contributed by atoms with Crippen LogP contribution in [0.5, 0.6) is 0 Å². The van der Waals surface area contributed by atoms with Gasteiger partial charge in [0.2, 0.25) is 0 Å². The van der Waals surface area contributed by atoms with Gasteiger partial charge in [-0.15, -0.1) is 0 Å². The molecule has 2 heterocycles. The van der Waals surface area contributed by atoms with Gasteiger partial charge in [-0.05, 0) is 37.8 Å². The van der Waals surface area contributed by atoms with Crippen molar-refractivity contribution in [2.45, 2.75) is 33.2 Å². The fraction of sp³-hybridized carbons (Fsp3) is 0.600. The highest BCUT2D eigenvalue weighted by Crippen LogP contribution is 2.15. The van der Waals surface area contributed by atoms with E-state index in [1.54, 1.807) is 11.6 Å². The monoisotopic (exact) mass is 276 g/mol. The first kappa shape index (κ1) is 14.6. The number of rotatable bonds is 2. The quantitative estimate of drug-likeness (QED) is 0.653. The molecule has 5 nitrogen and oxygen atoms in total. The third-order valence-corrected chi connectivity index (χ3v) is 4.03. The second kappa shape index (κ2) is 6.11. The Morgan fingerprint density at radius 2 is 2.25 bits per heavy atom. The molecule has 0 aliphatic carbocycles. The van der Waals surface area contributed by atoms with E-state index in [0.717, 1.165) is 25.2 Å². The Morgan fingerprint density at radius 3 is 2.95 bits per heavy atom. The molecule has 5 heteroatoms. The summed E-state index contributed by atoms with van der Waals surface area (Å²) in [6.07, 6.45) is 2.41. The molecule has 1 aliphatic rings.